The van der Waals surface area contributed by atoms with Crippen LogP contribution in [0.25, 0.3) is 0 Å². The summed E-state index contributed by atoms with van der Waals surface area (Å²) in [5.41, 5.74) is 1.40. The molecule has 0 aliphatic rings. The topological polar surface area (TPSA) is 64.6 Å². The first kappa shape index (κ1) is 20.1. The van der Waals surface area contributed by atoms with Crippen molar-refractivity contribution < 1.29 is 19.1 Å². The largest absolute Gasteiger partial charge is 0.456 e. The summed E-state index contributed by atoms with van der Waals surface area (Å²) < 4.78 is 10.9. The van der Waals surface area contributed by atoms with Crippen molar-refractivity contribution in [1.29, 1.82) is 0 Å². The lowest BCUT2D eigenvalue weighted by molar-refractivity contribution is -0.124. The zero-order chi connectivity index (χ0) is 20.5. The van der Waals surface area contributed by atoms with Gasteiger partial charge in [0.15, 0.2) is 6.61 Å². The number of ether oxygens (including phenoxy) is 2. The second-order valence-corrected chi connectivity index (χ2v) is 6.60. The summed E-state index contributed by atoms with van der Waals surface area (Å²) >= 11 is 0. The molecular formula is C24H23NO4. The van der Waals surface area contributed by atoms with Crippen molar-refractivity contribution in [3.05, 3.63) is 96.1 Å². The Bertz CT molecular complexity index is 941. The number of carbonyl (C=O) groups is 2. The van der Waals surface area contributed by atoms with Crippen LogP contribution in [0, 0.1) is 0 Å². The van der Waals surface area contributed by atoms with Crippen LogP contribution in [0.3, 0.4) is 0 Å². The SMILES string of the molecule is C[C@@H](CNC(=O)COC(=O)c1ccccc1Oc1ccccc1)c1ccccc1. The molecule has 1 amide bonds. The molecule has 0 aromatic heterocycles. The molecule has 148 valence electrons. The van der Waals surface area contributed by atoms with Crippen LogP contribution >= 0.6 is 0 Å². The summed E-state index contributed by atoms with van der Waals surface area (Å²) in [5, 5.41) is 2.79. The first-order valence-electron chi connectivity index (χ1n) is 9.44. The molecule has 3 rings (SSSR count). The summed E-state index contributed by atoms with van der Waals surface area (Å²) in [6.45, 7) is 2.15. The van der Waals surface area contributed by atoms with Gasteiger partial charge in [0.05, 0.1) is 0 Å². The fourth-order valence-electron chi connectivity index (χ4n) is 2.77. The van der Waals surface area contributed by atoms with Crippen LogP contribution in [0.1, 0.15) is 28.8 Å². The quantitative estimate of drug-likeness (QED) is 0.574. The Balaban J connectivity index is 1.52. The normalized spacial score (nSPS) is 11.3. The molecule has 0 bridgehead atoms. The molecule has 0 unspecified atom stereocenters. The van der Waals surface area contributed by atoms with Crippen molar-refractivity contribution in [3.63, 3.8) is 0 Å². The minimum absolute atomic E-state index is 0.163. The van der Waals surface area contributed by atoms with Crippen LogP contribution in [0.5, 0.6) is 11.5 Å². The standard InChI is InChI=1S/C24H23NO4/c1-18(19-10-4-2-5-11-19)16-25-23(26)17-28-24(27)21-14-8-9-15-22(21)29-20-12-6-3-7-13-20/h2-15,18H,16-17H2,1H3,(H,25,26)/t18-/m0/s1. The van der Waals surface area contributed by atoms with Crippen molar-refractivity contribution in [1.82, 2.24) is 5.32 Å². The fourth-order valence-corrected chi connectivity index (χ4v) is 2.77. The molecule has 29 heavy (non-hydrogen) atoms. The highest BCUT2D eigenvalue weighted by atomic mass is 16.5. The summed E-state index contributed by atoms with van der Waals surface area (Å²) in [5.74, 6) is 0.198. The highest BCUT2D eigenvalue weighted by Gasteiger charge is 2.16. The molecule has 3 aromatic carbocycles. The Morgan fingerprint density at radius 3 is 2.21 bits per heavy atom. The third-order valence-electron chi connectivity index (χ3n) is 4.39. The number of para-hydroxylation sites is 2. The van der Waals surface area contributed by atoms with Gasteiger partial charge in [-0.2, -0.15) is 0 Å². The van der Waals surface area contributed by atoms with Gasteiger partial charge in [-0.15, -0.1) is 0 Å². The highest BCUT2D eigenvalue weighted by molar-refractivity contribution is 5.94. The van der Waals surface area contributed by atoms with E-state index in [4.69, 9.17) is 9.47 Å². The predicted molar refractivity (Wildman–Crippen MR) is 111 cm³/mol. The second kappa shape index (κ2) is 10.1. The Morgan fingerprint density at radius 2 is 1.48 bits per heavy atom. The third-order valence-corrected chi connectivity index (χ3v) is 4.39. The van der Waals surface area contributed by atoms with Crippen molar-refractivity contribution >= 4 is 11.9 Å². The average molecular weight is 389 g/mol. The molecule has 0 heterocycles. The van der Waals surface area contributed by atoms with Gasteiger partial charge in [0, 0.05) is 6.54 Å². The second-order valence-electron chi connectivity index (χ2n) is 6.60. The van der Waals surface area contributed by atoms with E-state index in [0.717, 1.165) is 5.56 Å². The molecule has 1 N–H and O–H groups in total. The van der Waals surface area contributed by atoms with E-state index in [1.807, 2.05) is 55.5 Å². The summed E-state index contributed by atoms with van der Waals surface area (Å²) in [7, 11) is 0. The molecule has 0 aliphatic heterocycles. The molecule has 5 heteroatoms. The maximum absolute atomic E-state index is 12.4. The Labute approximate surface area is 170 Å². The first-order chi connectivity index (χ1) is 14.1. The van der Waals surface area contributed by atoms with Crippen molar-refractivity contribution in [3.8, 4) is 11.5 Å². The van der Waals surface area contributed by atoms with Crippen molar-refractivity contribution in [2.75, 3.05) is 13.2 Å². The van der Waals surface area contributed by atoms with E-state index in [2.05, 4.69) is 5.32 Å². The molecule has 0 radical (unpaired) electrons. The molecule has 0 saturated carbocycles. The Kier molecular flexibility index (Phi) is 7.00. The number of hydrogen-bond acceptors (Lipinski definition) is 4. The van der Waals surface area contributed by atoms with Crippen LogP contribution in [-0.4, -0.2) is 25.0 Å². The van der Waals surface area contributed by atoms with E-state index in [-0.39, 0.29) is 24.0 Å². The van der Waals surface area contributed by atoms with Gasteiger partial charge in [-0.1, -0.05) is 67.6 Å². The molecule has 0 spiro atoms. The smallest absolute Gasteiger partial charge is 0.342 e. The average Bonchev–Trinajstić information content (AvgIpc) is 2.77. The van der Waals surface area contributed by atoms with Crippen molar-refractivity contribution in [2.24, 2.45) is 0 Å². The van der Waals surface area contributed by atoms with E-state index >= 15 is 0 Å². The molecular weight excluding hydrogens is 366 g/mol. The van der Waals surface area contributed by atoms with Gasteiger partial charge < -0.3 is 14.8 Å². The van der Waals surface area contributed by atoms with E-state index in [1.165, 1.54) is 0 Å². The molecule has 0 saturated heterocycles. The van der Waals surface area contributed by atoms with Crippen LogP contribution in [0.4, 0.5) is 0 Å². The first-order valence-corrected chi connectivity index (χ1v) is 9.44. The van der Waals surface area contributed by atoms with E-state index < -0.39 is 5.97 Å². The monoisotopic (exact) mass is 389 g/mol. The van der Waals surface area contributed by atoms with Gasteiger partial charge in [-0.05, 0) is 35.7 Å². The van der Waals surface area contributed by atoms with Gasteiger partial charge in [0.1, 0.15) is 17.1 Å². The lowest BCUT2D eigenvalue weighted by Crippen LogP contribution is -2.31. The third kappa shape index (κ3) is 5.94. The van der Waals surface area contributed by atoms with E-state index in [1.54, 1.807) is 36.4 Å². The lowest BCUT2D eigenvalue weighted by atomic mass is 10.0. The molecule has 5 nitrogen and oxygen atoms in total. The predicted octanol–water partition coefficient (Wildman–Crippen LogP) is 4.56. The van der Waals surface area contributed by atoms with E-state index in [0.29, 0.717) is 18.0 Å². The molecule has 3 aromatic rings. The highest BCUT2D eigenvalue weighted by Crippen LogP contribution is 2.25. The van der Waals surface area contributed by atoms with Gasteiger partial charge in [0.25, 0.3) is 5.91 Å². The zero-order valence-electron chi connectivity index (χ0n) is 16.2. The number of amides is 1. The Morgan fingerprint density at radius 1 is 0.862 bits per heavy atom. The Hall–Kier alpha value is -3.60. The number of carbonyl (C=O) groups excluding carboxylic acids is 2. The minimum atomic E-state index is -0.609. The minimum Gasteiger partial charge on any atom is -0.456 e. The van der Waals surface area contributed by atoms with E-state index in [9.17, 15) is 9.59 Å². The van der Waals surface area contributed by atoms with Crippen LogP contribution < -0.4 is 10.1 Å². The van der Waals surface area contributed by atoms with Gasteiger partial charge >= 0.3 is 5.97 Å². The number of nitrogens with one attached hydrogen (secondary N) is 1. The van der Waals surface area contributed by atoms with Gasteiger partial charge in [-0.25, -0.2) is 4.79 Å². The number of benzene rings is 3. The van der Waals surface area contributed by atoms with Gasteiger partial charge in [-0.3, -0.25) is 4.79 Å². The van der Waals surface area contributed by atoms with Crippen LogP contribution in [0.2, 0.25) is 0 Å². The summed E-state index contributed by atoms with van der Waals surface area (Å²) in [4.78, 5) is 24.5. The van der Waals surface area contributed by atoms with Crippen LogP contribution in [-0.2, 0) is 9.53 Å². The van der Waals surface area contributed by atoms with Gasteiger partial charge in [0.2, 0.25) is 0 Å². The maximum Gasteiger partial charge on any atom is 0.342 e. The van der Waals surface area contributed by atoms with Crippen molar-refractivity contribution in [2.45, 2.75) is 12.8 Å². The summed E-state index contributed by atoms with van der Waals surface area (Å²) in [6, 6.07) is 25.8. The fraction of sp³-hybridized carbons (Fsp3) is 0.167. The lowest BCUT2D eigenvalue weighted by Gasteiger charge is -2.14. The zero-order valence-corrected chi connectivity index (χ0v) is 16.2. The molecule has 0 aliphatic carbocycles. The number of hydrogen-bond donors (Lipinski definition) is 1. The maximum atomic E-state index is 12.4. The number of rotatable bonds is 8. The number of esters is 1. The molecule has 0 fully saturated rings. The van der Waals surface area contributed by atoms with Crippen LogP contribution in [0.15, 0.2) is 84.9 Å². The summed E-state index contributed by atoms with van der Waals surface area (Å²) in [6.07, 6.45) is 0. The molecule has 1 atom stereocenters.